The number of carbonyl (C=O) groups excluding carboxylic acids is 1. The highest BCUT2D eigenvalue weighted by Crippen LogP contribution is 2.42. The van der Waals surface area contributed by atoms with Crippen molar-refractivity contribution in [2.45, 2.75) is 38.3 Å². The SMILES string of the molecule is CC1(C)C2C=CC(CC2)N1OC(=O)c1ccccc1. The molecule has 2 atom stereocenters. The van der Waals surface area contributed by atoms with Gasteiger partial charge in [-0.1, -0.05) is 30.4 Å². The minimum atomic E-state index is -0.269. The predicted molar refractivity (Wildman–Crippen MR) is 73.4 cm³/mol. The number of hydrogen-bond donors (Lipinski definition) is 0. The van der Waals surface area contributed by atoms with Gasteiger partial charge < -0.3 is 4.84 Å². The van der Waals surface area contributed by atoms with Crippen LogP contribution in [0, 0.1) is 5.92 Å². The fourth-order valence-electron chi connectivity index (χ4n) is 3.08. The van der Waals surface area contributed by atoms with Crippen LogP contribution in [0.3, 0.4) is 0 Å². The Morgan fingerprint density at radius 2 is 1.95 bits per heavy atom. The fourth-order valence-corrected chi connectivity index (χ4v) is 3.08. The summed E-state index contributed by atoms with van der Waals surface area (Å²) in [6.45, 7) is 4.29. The molecule has 2 heterocycles. The van der Waals surface area contributed by atoms with Gasteiger partial charge >= 0.3 is 5.97 Å². The maximum absolute atomic E-state index is 12.2. The Hall–Kier alpha value is -1.61. The van der Waals surface area contributed by atoms with Crippen molar-refractivity contribution in [2.75, 3.05) is 0 Å². The first kappa shape index (κ1) is 12.4. The molecule has 2 unspecified atom stereocenters. The number of carbonyl (C=O) groups is 1. The van der Waals surface area contributed by atoms with Crippen molar-refractivity contribution in [3.8, 4) is 0 Å². The Kier molecular flexibility index (Phi) is 2.94. The van der Waals surface area contributed by atoms with Crippen molar-refractivity contribution >= 4 is 5.97 Å². The Morgan fingerprint density at radius 3 is 2.53 bits per heavy atom. The maximum Gasteiger partial charge on any atom is 0.357 e. The number of hydrogen-bond acceptors (Lipinski definition) is 3. The Labute approximate surface area is 113 Å². The lowest BCUT2D eigenvalue weighted by Gasteiger charge is -2.51. The molecule has 0 aromatic heterocycles. The summed E-state index contributed by atoms with van der Waals surface area (Å²) < 4.78 is 0. The summed E-state index contributed by atoms with van der Waals surface area (Å²) in [5, 5.41) is 1.89. The summed E-state index contributed by atoms with van der Waals surface area (Å²) in [5.41, 5.74) is 0.478. The van der Waals surface area contributed by atoms with Crippen molar-refractivity contribution in [3.05, 3.63) is 48.0 Å². The van der Waals surface area contributed by atoms with E-state index in [0.717, 1.165) is 6.42 Å². The van der Waals surface area contributed by atoms with E-state index in [1.54, 1.807) is 12.1 Å². The molecule has 0 saturated carbocycles. The zero-order chi connectivity index (χ0) is 13.5. The van der Waals surface area contributed by atoms with E-state index in [-0.39, 0.29) is 17.6 Å². The van der Waals surface area contributed by atoms with Crippen LogP contribution in [0.15, 0.2) is 42.5 Å². The fraction of sp³-hybridized carbons (Fsp3) is 0.438. The van der Waals surface area contributed by atoms with E-state index in [1.165, 1.54) is 6.42 Å². The van der Waals surface area contributed by atoms with Gasteiger partial charge in [0.1, 0.15) is 0 Å². The first-order chi connectivity index (χ1) is 9.09. The van der Waals surface area contributed by atoms with E-state index in [1.807, 2.05) is 23.3 Å². The second-order valence-electron chi connectivity index (χ2n) is 5.86. The number of nitrogens with zero attached hydrogens (tertiary/aromatic N) is 1. The first-order valence-corrected chi connectivity index (χ1v) is 6.84. The van der Waals surface area contributed by atoms with Gasteiger partial charge in [0.25, 0.3) is 0 Å². The molecule has 19 heavy (non-hydrogen) atoms. The summed E-state index contributed by atoms with van der Waals surface area (Å²) in [4.78, 5) is 17.9. The number of hydroxylamine groups is 2. The first-order valence-electron chi connectivity index (χ1n) is 6.84. The van der Waals surface area contributed by atoms with Crippen molar-refractivity contribution in [1.82, 2.24) is 5.06 Å². The van der Waals surface area contributed by atoms with Crippen LogP contribution in [0.1, 0.15) is 37.0 Å². The number of benzene rings is 1. The molecule has 1 aromatic rings. The lowest BCUT2D eigenvalue weighted by Crippen LogP contribution is -2.59. The monoisotopic (exact) mass is 257 g/mol. The van der Waals surface area contributed by atoms with Crippen LogP contribution in [0.5, 0.6) is 0 Å². The van der Waals surface area contributed by atoms with Gasteiger partial charge in [-0.05, 0) is 44.7 Å². The van der Waals surface area contributed by atoms with Crippen molar-refractivity contribution < 1.29 is 9.63 Å². The van der Waals surface area contributed by atoms with Gasteiger partial charge in [0.05, 0.1) is 17.1 Å². The summed E-state index contributed by atoms with van der Waals surface area (Å²) >= 11 is 0. The lowest BCUT2D eigenvalue weighted by atomic mass is 9.74. The topological polar surface area (TPSA) is 29.5 Å². The molecule has 4 rings (SSSR count). The highest BCUT2D eigenvalue weighted by atomic mass is 16.7. The van der Waals surface area contributed by atoms with E-state index in [0.29, 0.717) is 11.5 Å². The average Bonchev–Trinajstić information content (AvgIpc) is 2.44. The van der Waals surface area contributed by atoms with Gasteiger partial charge in [0.2, 0.25) is 0 Å². The molecule has 3 nitrogen and oxygen atoms in total. The Morgan fingerprint density at radius 1 is 1.21 bits per heavy atom. The maximum atomic E-state index is 12.2. The summed E-state index contributed by atoms with van der Waals surface area (Å²) in [5.74, 6) is 0.190. The third kappa shape index (κ3) is 2.08. The molecule has 1 saturated heterocycles. The van der Waals surface area contributed by atoms with Crippen LogP contribution in [0.25, 0.3) is 0 Å². The summed E-state index contributed by atoms with van der Waals surface area (Å²) in [6.07, 6.45) is 6.67. The highest BCUT2D eigenvalue weighted by molar-refractivity contribution is 5.89. The molecular weight excluding hydrogens is 238 g/mol. The van der Waals surface area contributed by atoms with Crippen LogP contribution in [0.4, 0.5) is 0 Å². The minimum Gasteiger partial charge on any atom is -0.363 e. The average molecular weight is 257 g/mol. The minimum absolute atomic E-state index is 0.123. The molecule has 0 radical (unpaired) electrons. The van der Waals surface area contributed by atoms with Crippen LogP contribution in [-0.2, 0) is 4.84 Å². The van der Waals surface area contributed by atoms with Crippen LogP contribution < -0.4 is 0 Å². The van der Waals surface area contributed by atoms with E-state index < -0.39 is 0 Å². The van der Waals surface area contributed by atoms with E-state index in [2.05, 4.69) is 26.0 Å². The summed E-state index contributed by atoms with van der Waals surface area (Å²) in [7, 11) is 0. The normalized spacial score (nSPS) is 28.3. The molecule has 0 amide bonds. The molecule has 3 aliphatic rings. The molecule has 1 aromatic carbocycles. The van der Waals surface area contributed by atoms with Gasteiger partial charge in [0.15, 0.2) is 0 Å². The molecule has 1 aliphatic carbocycles. The third-order valence-corrected chi connectivity index (χ3v) is 4.31. The Bertz CT molecular complexity index is 507. The van der Waals surface area contributed by atoms with Crippen LogP contribution in [-0.4, -0.2) is 22.6 Å². The number of rotatable bonds is 2. The van der Waals surface area contributed by atoms with E-state index >= 15 is 0 Å². The quantitative estimate of drug-likeness (QED) is 0.762. The smallest absolute Gasteiger partial charge is 0.357 e. The molecule has 3 heteroatoms. The van der Waals surface area contributed by atoms with Crippen molar-refractivity contribution in [1.29, 1.82) is 0 Å². The Balaban J connectivity index is 1.80. The molecular formula is C16H19NO2. The zero-order valence-corrected chi connectivity index (χ0v) is 11.4. The van der Waals surface area contributed by atoms with Crippen LogP contribution >= 0.6 is 0 Å². The highest BCUT2D eigenvalue weighted by Gasteiger charge is 2.47. The molecule has 2 bridgehead atoms. The van der Waals surface area contributed by atoms with E-state index in [4.69, 9.17) is 4.84 Å². The second-order valence-corrected chi connectivity index (χ2v) is 5.86. The lowest BCUT2D eigenvalue weighted by molar-refractivity contribution is -0.218. The van der Waals surface area contributed by atoms with Gasteiger partial charge in [-0.3, -0.25) is 0 Å². The van der Waals surface area contributed by atoms with E-state index in [9.17, 15) is 4.79 Å². The molecule has 0 N–H and O–H groups in total. The van der Waals surface area contributed by atoms with Gasteiger partial charge in [-0.25, -0.2) is 4.79 Å². The molecule has 1 fully saturated rings. The van der Waals surface area contributed by atoms with Crippen molar-refractivity contribution in [3.63, 3.8) is 0 Å². The van der Waals surface area contributed by atoms with Gasteiger partial charge in [-0.2, -0.15) is 0 Å². The van der Waals surface area contributed by atoms with Gasteiger partial charge in [0, 0.05) is 0 Å². The number of piperidine rings is 1. The second kappa shape index (κ2) is 4.49. The zero-order valence-electron chi connectivity index (χ0n) is 11.4. The largest absolute Gasteiger partial charge is 0.363 e. The van der Waals surface area contributed by atoms with Crippen LogP contribution in [0.2, 0.25) is 0 Å². The molecule has 100 valence electrons. The standard InChI is InChI=1S/C16H19NO2/c1-16(2)13-8-10-14(11-9-13)17(16)19-15(18)12-6-4-3-5-7-12/h3-8,10,13-14H,9,11H2,1-2H3. The van der Waals surface area contributed by atoms with Crippen molar-refractivity contribution in [2.24, 2.45) is 5.92 Å². The molecule has 0 spiro atoms. The van der Waals surface area contributed by atoms with Gasteiger partial charge in [-0.15, -0.1) is 5.06 Å². The predicted octanol–water partition coefficient (Wildman–Crippen LogP) is 3.19. The molecule has 2 aliphatic heterocycles. The third-order valence-electron chi connectivity index (χ3n) is 4.31. The summed E-state index contributed by atoms with van der Waals surface area (Å²) in [6, 6.07) is 9.38. The number of fused-ring (bicyclic) bond motifs is 2.